The van der Waals surface area contributed by atoms with Gasteiger partial charge in [0.05, 0.1) is 0 Å². The Morgan fingerprint density at radius 1 is 0.708 bits per heavy atom. The first-order valence-corrected chi connectivity index (χ1v) is 9.49. The fourth-order valence-electron chi connectivity index (χ4n) is 5.35. The standard InChI is InChI=1S/C22H28O2/c1-5-13-14(6-2)16(8-4)20-19(15(13)7-3)21(23)17-11-9-10-12-18(17)22(20)24/h9-12,15-16,19-20H,5-8H2,1-4H3. The number of rotatable bonds is 4. The van der Waals surface area contributed by atoms with Gasteiger partial charge in [-0.25, -0.2) is 0 Å². The van der Waals surface area contributed by atoms with E-state index in [9.17, 15) is 9.59 Å². The average molecular weight is 324 g/mol. The van der Waals surface area contributed by atoms with Crippen molar-refractivity contribution in [1.82, 2.24) is 0 Å². The Labute approximate surface area is 145 Å². The van der Waals surface area contributed by atoms with Crippen LogP contribution in [0, 0.1) is 23.7 Å². The van der Waals surface area contributed by atoms with E-state index in [2.05, 4.69) is 27.7 Å². The smallest absolute Gasteiger partial charge is 0.168 e. The third kappa shape index (κ3) is 2.30. The molecule has 2 heteroatoms. The summed E-state index contributed by atoms with van der Waals surface area (Å²) >= 11 is 0. The molecule has 0 spiro atoms. The molecule has 0 radical (unpaired) electrons. The van der Waals surface area contributed by atoms with E-state index >= 15 is 0 Å². The summed E-state index contributed by atoms with van der Waals surface area (Å²) in [5, 5.41) is 0. The Kier molecular flexibility index (Phi) is 4.76. The van der Waals surface area contributed by atoms with Crippen LogP contribution in [0.3, 0.4) is 0 Å². The van der Waals surface area contributed by atoms with Crippen LogP contribution in [-0.2, 0) is 0 Å². The third-order valence-corrected chi connectivity index (χ3v) is 6.27. The molecule has 0 saturated heterocycles. The Morgan fingerprint density at radius 2 is 1.08 bits per heavy atom. The molecule has 0 fully saturated rings. The van der Waals surface area contributed by atoms with Gasteiger partial charge in [-0.3, -0.25) is 9.59 Å². The van der Waals surface area contributed by atoms with Gasteiger partial charge in [0.25, 0.3) is 0 Å². The predicted molar refractivity (Wildman–Crippen MR) is 97.3 cm³/mol. The van der Waals surface area contributed by atoms with Gasteiger partial charge in [-0.2, -0.15) is 0 Å². The molecule has 1 aromatic carbocycles. The van der Waals surface area contributed by atoms with Crippen molar-refractivity contribution in [2.75, 3.05) is 0 Å². The van der Waals surface area contributed by atoms with E-state index in [4.69, 9.17) is 0 Å². The van der Waals surface area contributed by atoms with Gasteiger partial charge in [0.1, 0.15) is 0 Å². The Morgan fingerprint density at radius 3 is 1.38 bits per heavy atom. The minimum absolute atomic E-state index is 0.160. The lowest BCUT2D eigenvalue weighted by atomic mass is 9.55. The molecule has 0 bridgehead atoms. The number of fused-ring (bicyclic) bond motifs is 2. The zero-order valence-electron chi connectivity index (χ0n) is 15.3. The number of allylic oxidation sites excluding steroid dienone is 2. The quantitative estimate of drug-likeness (QED) is 0.687. The summed E-state index contributed by atoms with van der Waals surface area (Å²) in [6, 6.07) is 7.42. The molecule has 3 rings (SSSR count). The normalized spacial score (nSPS) is 29.5. The van der Waals surface area contributed by atoms with Gasteiger partial charge < -0.3 is 0 Å². The molecule has 2 aliphatic carbocycles. The number of Topliss-reactive ketones (excluding diaryl/α,β-unsaturated/α-hetero) is 2. The van der Waals surface area contributed by atoms with Gasteiger partial charge in [0.15, 0.2) is 11.6 Å². The highest BCUT2D eigenvalue weighted by Gasteiger charge is 2.51. The summed E-state index contributed by atoms with van der Waals surface area (Å²) in [6.45, 7) is 8.72. The van der Waals surface area contributed by atoms with Crippen LogP contribution in [0.1, 0.15) is 74.1 Å². The topological polar surface area (TPSA) is 34.1 Å². The van der Waals surface area contributed by atoms with Crippen LogP contribution in [0.15, 0.2) is 35.4 Å². The molecule has 2 aliphatic rings. The second-order valence-electron chi connectivity index (χ2n) is 7.11. The highest BCUT2D eigenvalue weighted by Crippen LogP contribution is 2.51. The van der Waals surface area contributed by atoms with Crippen molar-refractivity contribution in [2.45, 2.75) is 53.4 Å². The van der Waals surface area contributed by atoms with Crippen molar-refractivity contribution in [3.63, 3.8) is 0 Å². The van der Waals surface area contributed by atoms with Gasteiger partial charge in [-0.1, -0.05) is 63.1 Å². The summed E-state index contributed by atoms with van der Waals surface area (Å²) in [7, 11) is 0. The number of benzene rings is 1. The van der Waals surface area contributed by atoms with Crippen LogP contribution >= 0.6 is 0 Å². The van der Waals surface area contributed by atoms with Crippen molar-refractivity contribution in [2.24, 2.45) is 23.7 Å². The summed E-state index contributed by atoms with van der Waals surface area (Å²) in [4.78, 5) is 26.6. The lowest BCUT2D eigenvalue weighted by molar-refractivity contribution is 0.0582. The van der Waals surface area contributed by atoms with Crippen LogP contribution in [-0.4, -0.2) is 11.6 Å². The third-order valence-electron chi connectivity index (χ3n) is 6.27. The number of carbonyl (C=O) groups is 2. The van der Waals surface area contributed by atoms with Crippen molar-refractivity contribution in [3.05, 3.63) is 46.5 Å². The Bertz CT molecular complexity index is 639. The molecule has 128 valence electrons. The van der Waals surface area contributed by atoms with Gasteiger partial charge in [-0.05, 0) is 37.5 Å². The van der Waals surface area contributed by atoms with Gasteiger partial charge in [0, 0.05) is 23.0 Å². The molecular weight excluding hydrogens is 296 g/mol. The Hall–Kier alpha value is -1.70. The molecule has 0 amide bonds. The van der Waals surface area contributed by atoms with E-state index in [1.807, 2.05) is 24.3 Å². The van der Waals surface area contributed by atoms with E-state index in [0.29, 0.717) is 11.1 Å². The molecule has 0 N–H and O–H groups in total. The average Bonchev–Trinajstić information content (AvgIpc) is 2.63. The number of ketones is 2. The fraction of sp³-hybridized carbons (Fsp3) is 0.545. The SMILES string of the molecule is CCC1=C(CC)C(CC)C2C(=O)c3ccccc3C(=O)C2C1CC. The zero-order chi connectivity index (χ0) is 17.4. The maximum Gasteiger partial charge on any atom is 0.168 e. The molecular formula is C22H28O2. The van der Waals surface area contributed by atoms with Gasteiger partial charge >= 0.3 is 0 Å². The number of carbonyl (C=O) groups excluding carboxylic acids is 2. The molecule has 0 aliphatic heterocycles. The number of hydrogen-bond acceptors (Lipinski definition) is 2. The van der Waals surface area contributed by atoms with Crippen LogP contribution in [0.5, 0.6) is 0 Å². The van der Waals surface area contributed by atoms with Crippen molar-refractivity contribution in [1.29, 1.82) is 0 Å². The van der Waals surface area contributed by atoms with E-state index < -0.39 is 0 Å². The largest absolute Gasteiger partial charge is 0.294 e. The van der Waals surface area contributed by atoms with E-state index in [1.165, 1.54) is 11.1 Å². The van der Waals surface area contributed by atoms with E-state index in [-0.39, 0.29) is 35.2 Å². The lowest BCUT2D eigenvalue weighted by Gasteiger charge is -2.46. The van der Waals surface area contributed by atoms with Crippen molar-refractivity contribution in [3.8, 4) is 0 Å². The second kappa shape index (κ2) is 6.66. The second-order valence-corrected chi connectivity index (χ2v) is 7.11. The molecule has 2 nitrogen and oxygen atoms in total. The fourth-order valence-corrected chi connectivity index (χ4v) is 5.35. The van der Waals surface area contributed by atoms with Gasteiger partial charge in [-0.15, -0.1) is 0 Å². The predicted octanol–water partition coefficient (Wildman–Crippen LogP) is 5.48. The molecule has 4 atom stereocenters. The van der Waals surface area contributed by atoms with E-state index in [1.54, 1.807) is 0 Å². The first kappa shape index (κ1) is 17.1. The zero-order valence-corrected chi connectivity index (χ0v) is 15.3. The molecule has 0 saturated carbocycles. The summed E-state index contributed by atoms with van der Waals surface area (Å²) < 4.78 is 0. The van der Waals surface area contributed by atoms with Crippen LogP contribution < -0.4 is 0 Å². The lowest BCUT2D eigenvalue weighted by Crippen LogP contribution is -2.48. The summed E-state index contributed by atoms with van der Waals surface area (Å²) in [5.41, 5.74) is 4.20. The maximum absolute atomic E-state index is 13.3. The molecule has 1 aromatic rings. The van der Waals surface area contributed by atoms with Crippen molar-refractivity contribution >= 4 is 11.6 Å². The molecule has 4 unspecified atom stereocenters. The van der Waals surface area contributed by atoms with Gasteiger partial charge in [0.2, 0.25) is 0 Å². The number of hydrogen-bond donors (Lipinski definition) is 0. The highest BCUT2D eigenvalue weighted by molar-refractivity contribution is 6.16. The van der Waals surface area contributed by atoms with Crippen LogP contribution in [0.4, 0.5) is 0 Å². The molecule has 0 aromatic heterocycles. The first-order chi connectivity index (χ1) is 11.6. The molecule has 24 heavy (non-hydrogen) atoms. The Balaban J connectivity index is 2.23. The monoisotopic (exact) mass is 324 g/mol. The van der Waals surface area contributed by atoms with Crippen LogP contribution in [0.25, 0.3) is 0 Å². The van der Waals surface area contributed by atoms with Crippen molar-refractivity contribution < 1.29 is 9.59 Å². The van der Waals surface area contributed by atoms with E-state index in [0.717, 1.165) is 25.7 Å². The molecule has 0 heterocycles. The van der Waals surface area contributed by atoms with Crippen LogP contribution in [0.2, 0.25) is 0 Å². The minimum atomic E-state index is -0.160. The minimum Gasteiger partial charge on any atom is -0.294 e. The summed E-state index contributed by atoms with van der Waals surface area (Å²) in [5.74, 6) is 0.522. The first-order valence-electron chi connectivity index (χ1n) is 9.49. The summed E-state index contributed by atoms with van der Waals surface area (Å²) in [6.07, 6.45) is 3.85. The highest BCUT2D eigenvalue weighted by atomic mass is 16.1. The maximum atomic E-state index is 13.3.